The number of piperidine rings is 1. The van der Waals surface area contributed by atoms with Crippen LogP contribution in [0.4, 0.5) is 0 Å². The maximum Gasteiger partial charge on any atom is 0.238 e. The van der Waals surface area contributed by atoms with Crippen LogP contribution in [0.2, 0.25) is 0 Å². The summed E-state index contributed by atoms with van der Waals surface area (Å²) < 4.78 is 24.4. The molecule has 0 bridgehead atoms. The molecule has 0 amide bonds. The average Bonchev–Trinajstić information content (AvgIpc) is 3.34. The van der Waals surface area contributed by atoms with Gasteiger partial charge in [0.25, 0.3) is 0 Å². The number of allylic oxidation sites excluding steroid dienone is 5. The monoisotopic (exact) mass is 485 g/mol. The highest BCUT2D eigenvalue weighted by atomic mass is 32.2. The molecule has 1 aromatic heterocycles. The minimum absolute atomic E-state index is 0.0313. The van der Waals surface area contributed by atoms with Gasteiger partial charge in [0, 0.05) is 18.2 Å². The largest absolute Gasteiger partial charge is 0.326 e. The Kier molecular flexibility index (Phi) is 8.53. The molecule has 3 rings (SSSR count). The van der Waals surface area contributed by atoms with Crippen LogP contribution in [-0.2, 0) is 10.0 Å². The second-order valence-electron chi connectivity index (χ2n) is 9.18. The number of benzene rings is 1. The van der Waals surface area contributed by atoms with Gasteiger partial charge in [-0.1, -0.05) is 50.8 Å². The quantitative estimate of drug-likeness (QED) is 0.463. The van der Waals surface area contributed by atoms with Crippen LogP contribution >= 0.6 is 0 Å². The number of aromatic amines is 1. The molecule has 0 unspecified atom stereocenters. The van der Waals surface area contributed by atoms with E-state index < -0.39 is 10.0 Å². The van der Waals surface area contributed by atoms with Crippen molar-refractivity contribution in [2.45, 2.75) is 44.6 Å². The van der Waals surface area contributed by atoms with Crippen LogP contribution in [0.15, 0.2) is 53.5 Å². The molecule has 0 spiro atoms. The summed E-state index contributed by atoms with van der Waals surface area (Å²) in [5.74, 6) is 1.13. The Labute approximate surface area is 202 Å². The number of nitrogens with two attached hydrogens (primary N) is 2. The Morgan fingerprint density at radius 1 is 1.29 bits per heavy atom. The van der Waals surface area contributed by atoms with Crippen LogP contribution < -0.4 is 10.9 Å². The number of primary sulfonamides is 1. The maximum atomic E-state index is 12.2. The maximum absolute atomic E-state index is 12.2. The Morgan fingerprint density at radius 2 is 2.00 bits per heavy atom. The first-order chi connectivity index (χ1) is 16.1. The first-order valence-electron chi connectivity index (χ1n) is 11.5. The van der Waals surface area contributed by atoms with Gasteiger partial charge >= 0.3 is 0 Å². The van der Waals surface area contributed by atoms with E-state index in [1.54, 1.807) is 6.07 Å². The average molecular weight is 486 g/mol. The number of likely N-dealkylation sites (tertiary alicyclic amines) is 1. The lowest BCUT2D eigenvalue weighted by Gasteiger charge is -2.34. The minimum atomic E-state index is -3.98. The van der Waals surface area contributed by atoms with Gasteiger partial charge in [-0.2, -0.15) is 0 Å². The van der Waals surface area contributed by atoms with Gasteiger partial charge in [0.15, 0.2) is 5.82 Å². The van der Waals surface area contributed by atoms with Crippen molar-refractivity contribution in [3.05, 3.63) is 54.1 Å². The molecule has 0 aliphatic carbocycles. The van der Waals surface area contributed by atoms with Crippen LogP contribution in [0.1, 0.15) is 39.2 Å². The third kappa shape index (κ3) is 6.26. The number of nitrogens with zero attached hydrogens (tertiary/aromatic N) is 4. The number of nitrogens with one attached hydrogen (secondary N) is 1. The first kappa shape index (κ1) is 26.0. The van der Waals surface area contributed by atoms with Crippen LogP contribution in [0.5, 0.6) is 0 Å². The summed E-state index contributed by atoms with van der Waals surface area (Å²) in [5.41, 5.74) is 9.31. The zero-order chi connectivity index (χ0) is 24.9. The van der Waals surface area contributed by atoms with Crippen molar-refractivity contribution in [3.63, 3.8) is 0 Å². The lowest BCUT2D eigenvalue weighted by Crippen LogP contribution is -2.44. The molecule has 0 radical (unpaired) electrons. The van der Waals surface area contributed by atoms with Crippen LogP contribution in [0, 0.1) is 11.8 Å². The van der Waals surface area contributed by atoms with E-state index in [0.29, 0.717) is 23.0 Å². The number of H-pyrrole nitrogens is 1. The lowest BCUT2D eigenvalue weighted by atomic mass is 9.88. The smallest absolute Gasteiger partial charge is 0.238 e. The SMILES string of the molecule is C=C/C(=C\C=C(/C)c1cccc(S(N)(=O)=O)c1-c1nnn[nH]1)C1CCN(C[C@@H](N)C(C)C)CC1. The molecule has 5 N–H and O–H groups in total. The van der Waals surface area contributed by atoms with Gasteiger partial charge in [-0.3, -0.25) is 0 Å². The van der Waals surface area contributed by atoms with Crippen molar-refractivity contribution in [1.82, 2.24) is 25.5 Å². The number of hydrogen-bond acceptors (Lipinski definition) is 7. The van der Waals surface area contributed by atoms with Gasteiger partial charge in [-0.25, -0.2) is 18.7 Å². The minimum Gasteiger partial charge on any atom is -0.326 e. The fraction of sp³-hybridized carbons (Fsp3) is 0.458. The van der Waals surface area contributed by atoms with Crippen LogP contribution in [-0.4, -0.2) is 59.6 Å². The van der Waals surface area contributed by atoms with Gasteiger partial charge in [-0.15, -0.1) is 5.10 Å². The summed E-state index contributed by atoms with van der Waals surface area (Å²) in [7, 11) is -3.98. The fourth-order valence-corrected chi connectivity index (χ4v) is 5.01. The van der Waals surface area contributed by atoms with Gasteiger partial charge in [0.2, 0.25) is 10.0 Å². The van der Waals surface area contributed by atoms with Crippen molar-refractivity contribution in [2.75, 3.05) is 19.6 Å². The van der Waals surface area contributed by atoms with Gasteiger partial charge in [0.1, 0.15) is 0 Å². The molecular weight excluding hydrogens is 450 g/mol. The number of tetrazole rings is 1. The number of rotatable bonds is 9. The molecule has 1 aliphatic heterocycles. The predicted octanol–water partition coefficient (Wildman–Crippen LogP) is 2.73. The molecule has 2 aromatic rings. The van der Waals surface area contributed by atoms with E-state index >= 15 is 0 Å². The van der Waals surface area contributed by atoms with Crippen LogP contribution in [0.25, 0.3) is 17.0 Å². The Morgan fingerprint density at radius 3 is 2.56 bits per heavy atom. The summed E-state index contributed by atoms with van der Waals surface area (Å²) in [6.45, 7) is 13.2. The zero-order valence-electron chi connectivity index (χ0n) is 20.1. The summed E-state index contributed by atoms with van der Waals surface area (Å²) in [6.07, 6.45) is 8.05. The molecule has 34 heavy (non-hydrogen) atoms. The molecular formula is C24H35N7O2S. The number of hydrogen-bond donors (Lipinski definition) is 3. The molecule has 1 aromatic carbocycles. The summed E-state index contributed by atoms with van der Waals surface area (Å²) >= 11 is 0. The second kappa shape index (κ2) is 11.2. The van der Waals surface area contributed by atoms with Crippen molar-refractivity contribution >= 4 is 15.6 Å². The summed E-state index contributed by atoms with van der Waals surface area (Å²) in [4.78, 5) is 2.41. The Bertz CT molecular complexity index is 1150. The normalized spacial score (nSPS) is 17.8. The lowest BCUT2D eigenvalue weighted by molar-refractivity contribution is 0.179. The molecule has 0 saturated carbocycles. The van der Waals surface area contributed by atoms with Crippen LogP contribution in [0.3, 0.4) is 0 Å². The fourth-order valence-electron chi connectivity index (χ4n) is 4.25. The van der Waals surface area contributed by atoms with Crippen molar-refractivity contribution in [2.24, 2.45) is 22.7 Å². The highest BCUT2D eigenvalue weighted by Gasteiger charge is 2.24. The third-order valence-corrected chi connectivity index (χ3v) is 7.44. The van der Waals surface area contributed by atoms with Crippen molar-refractivity contribution in [1.29, 1.82) is 0 Å². The first-order valence-corrected chi connectivity index (χ1v) is 13.1. The molecule has 1 fully saturated rings. The highest BCUT2D eigenvalue weighted by Crippen LogP contribution is 2.32. The molecule has 1 atom stereocenters. The molecule has 10 heteroatoms. The molecule has 1 saturated heterocycles. The highest BCUT2D eigenvalue weighted by molar-refractivity contribution is 7.89. The topological polar surface area (TPSA) is 144 Å². The van der Waals surface area contributed by atoms with E-state index in [9.17, 15) is 8.42 Å². The van der Waals surface area contributed by atoms with E-state index in [1.807, 2.05) is 25.1 Å². The van der Waals surface area contributed by atoms with E-state index in [-0.39, 0.29) is 16.8 Å². The standard InChI is InChI=1S/C24H35N7O2S/c1-5-18(19-11-13-31(14-12-19)15-21(25)16(2)3)10-9-17(4)20-7-6-8-22(34(26,32)33)23(20)24-27-29-30-28-24/h5-10,16,19,21H,1,11-15,25H2,2-4H3,(H2,26,32,33)(H,27,28,29,30)/b17-9+,18-10+/t21-/m1/s1. The Hall–Kier alpha value is -2.66. The molecule has 1 aliphatic rings. The third-order valence-electron chi connectivity index (χ3n) is 6.49. The summed E-state index contributed by atoms with van der Waals surface area (Å²) in [6, 6.07) is 5.14. The Balaban J connectivity index is 1.84. The number of sulfonamides is 1. The van der Waals surface area contributed by atoms with E-state index in [0.717, 1.165) is 43.6 Å². The van der Waals surface area contributed by atoms with E-state index in [2.05, 4.69) is 52.0 Å². The number of aromatic nitrogens is 4. The van der Waals surface area contributed by atoms with Gasteiger partial charge in [-0.05, 0) is 77.9 Å². The molecule has 9 nitrogen and oxygen atoms in total. The predicted molar refractivity (Wildman–Crippen MR) is 135 cm³/mol. The van der Waals surface area contributed by atoms with Gasteiger partial charge < -0.3 is 10.6 Å². The summed E-state index contributed by atoms with van der Waals surface area (Å²) in [5, 5.41) is 19.2. The van der Waals surface area contributed by atoms with Crippen molar-refractivity contribution in [3.8, 4) is 11.4 Å². The van der Waals surface area contributed by atoms with E-state index in [4.69, 9.17) is 10.9 Å². The van der Waals surface area contributed by atoms with Gasteiger partial charge in [0.05, 0.1) is 4.90 Å². The second-order valence-corrected chi connectivity index (χ2v) is 10.7. The molecule has 184 valence electrons. The molecule has 2 heterocycles. The zero-order valence-corrected chi connectivity index (χ0v) is 20.9. The van der Waals surface area contributed by atoms with E-state index in [1.165, 1.54) is 6.07 Å². The van der Waals surface area contributed by atoms with Crippen molar-refractivity contribution < 1.29 is 8.42 Å².